The number of alkyl halides is 3. The number of hydrogen-bond acceptors (Lipinski definition) is 6. The molecule has 4 rings (SSSR count). The molecule has 1 heterocycles. The van der Waals surface area contributed by atoms with Crippen LogP contribution in [0.15, 0.2) is 35.2 Å². The highest BCUT2D eigenvalue weighted by molar-refractivity contribution is 7.91. The molecule has 1 saturated heterocycles. The van der Waals surface area contributed by atoms with Crippen LogP contribution in [0.3, 0.4) is 0 Å². The maximum atomic E-state index is 14.6. The van der Waals surface area contributed by atoms with Crippen molar-refractivity contribution in [3.63, 3.8) is 0 Å². The quantitative estimate of drug-likeness (QED) is 0.349. The number of piperazine rings is 1. The van der Waals surface area contributed by atoms with E-state index in [2.05, 4.69) is 0 Å². The zero-order valence-corrected chi connectivity index (χ0v) is 26.5. The van der Waals surface area contributed by atoms with Crippen molar-refractivity contribution in [3.8, 4) is 0 Å². The monoisotopic (exact) mass is 643 g/mol. The largest absolute Gasteiger partial charge is 0.444 e. The van der Waals surface area contributed by atoms with Crippen LogP contribution < -0.4 is 4.90 Å². The molecule has 0 aromatic heterocycles. The molecule has 2 fully saturated rings. The lowest BCUT2D eigenvalue weighted by Gasteiger charge is -2.36. The van der Waals surface area contributed by atoms with Crippen LogP contribution in [0.4, 0.5) is 23.7 Å². The lowest BCUT2D eigenvalue weighted by atomic mass is 9.93. The molecule has 1 aliphatic heterocycles. The minimum absolute atomic E-state index is 0.00665. The number of hydrogen-bond donors (Lipinski definition) is 0. The van der Waals surface area contributed by atoms with Gasteiger partial charge in [0.25, 0.3) is 5.91 Å². The van der Waals surface area contributed by atoms with Crippen LogP contribution >= 0.6 is 11.6 Å². The number of amides is 2. The Hall–Kier alpha value is -2.83. The van der Waals surface area contributed by atoms with Crippen LogP contribution in [-0.2, 0) is 27.3 Å². The van der Waals surface area contributed by atoms with Gasteiger partial charge in [0.05, 0.1) is 21.9 Å². The molecular weight excluding hydrogens is 607 g/mol. The molecule has 1 aliphatic carbocycles. The summed E-state index contributed by atoms with van der Waals surface area (Å²) in [4.78, 5) is 30.4. The number of rotatable bonds is 7. The standard InChI is InChI=1S/C30H37ClF3N3O5S/c1-6-43(40,41)26-10-9-21(31)17-25(26)35(5)27(38)20-15-22(19-7-8-19)23(24(16-20)30(32,33)34)18-36-11-13-37(14-12-36)28(39)42-29(2,3)4/h9-10,15-17,19H,6-8,11-14,18H2,1-5H3. The first-order valence-corrected chi connectivity index (χ1v) is 16.2. The minimum Gasteiger partial charge on any atom is -0.444 e. The summed E-state index contributed by atoms with van der Waals surface area (Å²) < 4.78 is 74.6. The van der Waals surface area contributed by atoms with Crippen molar-refractivity contribution in [2.24, 2.45) is 0 Å². The minimum atomic E-state index is -4.74. The molecule has 1 saturated carbocycles. The summed E-state index contributed by atoms with van der Waals surface area (Å²) in [7, 11) is -2.44. The van der Waals surface area contributed by atoms with Gasteiger partial charge < -0.3 is 14.5 Å². The van der Waals surface area contributed by atoms with Gasteiger partial charge in [0, 0.05) is 50.4 Å². The average Bonchev–Trinajstić information content (AvgIpc) is 3.76. The molecule has 2 aromatic carbocycles. The zero-order chi connectivity index (χ0) is 31.9. The van der Waals surface area contributed by atoms with Crippen molar-refractivity contribution in [1.29, 1.82) is 0 Å². The third kappa shape index (κ3) is 7.82. The summed E-state index contributed by atoms with van der Waals surface area (Å²) in [5, 5.41) is 0.182. The molecule has 2 aromatic rings. The first kappa shape index (κ1) is 33.1. The Bertz CT molecular complexity index is 1500. The molecule has 43 heavy (non-hydrogen) atoms. The predicted octanol–water partition coefficient (Wildman–Crippen LogP) is 6.36. The van der Waals surface area contributed by atoms with Gasteiger partial charge in [0.1, 0.15) is 5.60 Å². The second-order valence-corrected chi connectivity index (χ2v) is 14.7. The molecule has 0 radical (unpaired) electrons. The van der Waals surface area contributed by atoms with E-state index in [1.54, 1.807) is 25.7 Å². The molecule has 2 aliphatic rings. The van der Waals surface area contributed by atoms with Crippen molar-refractivity contribution in [2.75, 3.05) is 43.9 Å². The normalized spacial score (nSPS) is 16.7. The maximum absolute atomic E-state index is 14.6. The van der Waals surface area contributed by atoms with E-state index in [0.29, 0.717) is 44.6 Å². The highest BCUT2D eigenvalue weighted by Crippen LogP contribution is 2.46. The molecule has 236 valence electrons. The number of anilines is 1. The number of sulfone groups is 1. The fourth-order valence-corrected chi connectivity index (χ4v) is 6.39. The highest BCUT2D eigenvalue weighted by Gasteiger charge is 2.39. The van der Waals surface area contributed by atoms with Crippen LogP contribution in [0.5, 0.6) is 0 Å². The van der Waals surface area contributed by atoms with Crippen molar-refractivity contribution in [3.05, 3.63) is 57.6 Å². The van der Waals surface area contributed by atoms with Gasteiger partial charge in [-0.05, 0) is 81.0 Å². The smallest absolute Gasteiger partial charge is 0.416 e. The van der Waals surface area contributed by atoms with Gasteiger partial charge in [0.15, 0.2) is 9.84 Å². The van der Waals surface area contributed by atoms with E-state index in [9.17, 15) is 31.2 Å². The summed E-state index contributed by atoms with van der Waals surface area (Å²) in [6, 6.07) is 6.37. The third-order valence-electron chi connectivity index (χ3n) is 7.56. The highest BCUT2D eigenvalue weighted by atomic mass is 35.5. The van der Waals surface area contributed by atoms with E-state index in [1.165, 1.54) is 38.2 Å². The Labute approximate surface area is 255 Å². The van der Waals surface area contributed by atoms with Crippen LogP contribution in [0.2, 0.25) is 5.02 Å². The molecule has 0 N–H and O–H groups in total. The fourth-order valence-electron chi connectivity index (χ4n) is 5.12. The molecule has 0 unspecified atom stereocenters. The van der Waals surface area contributed by atoms with E-state index in [1.807, 2.05) is 4.90 Å². The number of benzene rings is 2. The first-order valence-electron chi connectivity index (χ1n) is 14.2. The first-order chi connectivity index (χ1) is 19.9. The Kier molecular flexibility index (Phi) is 9.44. The summed E-state index contributed by atoms with van der Waals surface area (Å²) in [5.41, 5.74) is -1.15. The van der Waals surface area contributed by atoms with Crippen molar-refractivity contribution < 1.29 is 35.9 Å². The van der Waals surface area contributed by atoms with E-state index < -0.39 is 39.2 Å². The van der Waals surface area contributed by atoms with E-state index >= 15 is 0 Å². The molecule has 2 amide bonds. The lowest BCUT2D eigenvalue weighted by Crippen LogP contribution is -2.49. The second-order valence-electron chi connectivity index (χ2n) is 12.0. The Balaban J connectivity index is 1.65. The van der Waals surface area contributed by atoms with E-state index in [0.717, 1.165) is 11.0 Å². The van der Waals surface area contributed by atoms with Crippen LogP contribution in [0, 0.1) is 0 Å². The van der Waals surface area contributed by atoms with Crippen molar-refractivity contribution in [2.45, 2.75) is 69.7 Å². The molecule has 0 atom stereocenters. The maximum Gasteiger partial charge on any atom is 0.416 e. The number of carbonyl (C=O) groups excluding carboxylic acids is 2. The third-order valence-corrected chi connectivity index (χ3v) is 9.57. The summed E-state index contributed by atoms with van der Waals surface area (Å²) in [6.45, 7) is 8.16. The lowest BCUT2D eigenvalue weighted by molar-refractivity contribution is -0.138. The van der Waals surface area contributed by atoms with Gasteiger partial charge in [-0.25, -0.2) is 13.2 Å². The van der Waals surface area contributed by atoms with E-state index in [-0.39, 0.29) is 44.9 Å². The summed E-state index contributed by atoms with van der Waals surface area (Å²) in [6.07, 6.45) is -3.78. The summed E-state index contributed by atoms with van der Waals surface area (Å²) in [5.74, 6) is -1.12. The van der Waals surface area contributed by atoms with Crippen molar-refractivity contribution >= 4 is 39.1 Å². The Morgan fingerprint density at radius 3 is 2.21 bits per heavy atom. The Morgan fingerprint density at radius 2 is 1.67 bits per heavy atom. The SMILES string of the molecule is CCS(=O)(=O)c1ccc(Cl)cc1N(C)C(=O)c1cc(C2CC2)c(CN2CCN(C(=O)OC(C)(C)C)CC2)c(C(F)(F)F)c1. The van der Waals surface area contributed by atoms with Crippen LogP contribution in [0.1, 0.15) is 73.5 Å². The van der Waals surface area contributed by atoms with Gasteiger partial charge in [-0.3, -0.25) is 9.69 Å². The van der Waals surface area contributed by atoms with Crippen LogP contribution in [0.25, 0.3) is 0 Å². The zero-order valence-electron chi connectivity index (χ0n) is 24.9. The predicted molar refractivity (Wildman–Crippen MR) is 158 cm³/mol. The molecule has 13 heteroatoms. The number of ether oxygens (including phenoxy) is 1. The van der Waals surface area contributed by atoms with E-state index in [4.69, 9.17) is 16.3 Å². The van der Waals surface area contributed by atoms with Crippen LogP contribution in [-0.4, -0.2) is 74.8 Å². The summed E-state index contributed by atoms with van der Waals surface area (Å²) >= 11 is 6.12. The number of nitrogens with zero attached hydrogens (tertiary/aromatic N) is 3. The van der Waals surface area contributed by atoms with Crippen molar-refractivity contribution in [1.82, 2.24) is 9.80 Å². The van der Waals surface area contributed by atoms with Gasteiger partial charge in [-0.15, -0.1) is 0 Å². The molecule has 0 spiro atoms. The number of halogens is 4. The van der Waals surface area contributed by atoms with Gasteiger partial charge >= 0.3 is 12.3 Å². The molecule has 0 bridgehead atoms. The number of carbonyl (C=O) groups is 2. The van der Waals surface area contributed by atoms with Gasteiger partial charge in [0.2, 0.25) is 0 Å². The Morgan fingerprint density at radius 1 is 1.05 bits per heavy atom. The van der Waals surface area contributed by atoms with Gasteiger partial charge in [-0.2, -0.15) is 13.2 Å². The molecule has 8 nitrogen and oxygen atoms in total. The molecular formula is C30H37ClF3N3O5S. The topological polar surface area (TPSA) is 87.2 Å². The average molecular weight is 644 g/mol. The second kappa shape index (κ2) is 12.3. The fraction of sp³-hybridized carbons (Fsp3) is 0.533. The van der Waals surface area contributed by atoms with Gasteiger partial charge in [-0.1, -0.05) is 18.5 Å².